The third-order valence-electron chi connectivity index (χ3n) is 19.0. The van der Waals surface area contributed by atoms with Crippen LogP contribution in [-0.4, -0.2) is 0 Å². The fourth-order valence-corrected chi connectivity index (χ4v) is 18.9. The third-order valence-corrected chi connectivity index (χ3v) is 19.0. The second kappa shape index (κ2) is 5.35. The van der Waals surface area contributed by atoms with E-state index in [0.29, 0.717) is 0 Å². The van der Waals surface area contributed by atoms with Crippen molar-refractivity contribution >= 4 is 0 Å². The van der Waals surface area contributed by atoms with Crippen LogP contribution in [0.3, 0.4) is 0 Å². The fourth-order valence-electron chi connectivity index (χ4n) is 18.9. The Morgan fingerprint density at radius 1 is 0.389 bits per heavy atom. The van der Waals surface area contributed by atoms with Gasteiger partial charge in [-0.3, -0.25) is 0 Å². The number of fused-ring (bicyclic) bond motifs is 21. The van der Waals surface area contributed by atoms with E-state index in [1.807, 2.05) is 0 Å². The van der Waals surface area contributed by atoms with Crippen molar-refractivity contribution < 1.29 is 0 Å². The molecular weight excluding hydrogens is 432 g/mol. The van der Waals surface area contributed by atoms with Crippen LogP contribution in [0, 0.1) is 123 Å². The minimum Gasteiger partial charge on any atom is -0.0533 e. The predicted molar refractivity (Wildman–Crippen MR) is 139 cm³/mol. The van der Waals surface area contributed by atoms with Crippen molar-refractivity contribution in [1.82, 2.24) is 0 Å². The molecule has 0 nitrogen and oxygen atoms in total. The van der Waals surface area contributed by atoms with Gasteiger partial charge in [-0.05, 0) is 142 Å². The first-order chi connectivity index (χ1) is 17.9. The molecule has 0 radical (unpaired) electrons. The topological polar surface area (TPSA) is 0 Å². The summed E-state index contributed by atoms with van der Waals surface area (Å²) in [5.41, 5.74) is 3.10. The second-order valence-corrected chi connectivity index (χ2v) is 18.2. The standard InChI is InChI=1S/C36H48/c1-2-4-6-8-10-12-14-34-17(13-11-9-7-5-3-1)29(34)27-23-19-21(25(23)30(27)34)20-22(19)26-24(20)28-31(26)36-32-16-15-18(16)35(32,36)33(28)36/h16-33H,1-15H2. The van der Waals surface area contributed by atoms with E-state index < -0.39 is 0 Å². The quantitative estimate of drug-likeness (QED) is 0.308. The zero-order valence-electron chi connectivity index (χ0n) is 22.5. The van der Waals surface area contributed by atoms with Crippen molar-refractivity contribution in [3.05, 3.63) is 0 Å². The van der Waals surface area contributed by atoms with Gasteiger partial charge in [-0.25, -0.2) is 0 Å². The molecule has 21 unspecified atom stereocenters. The highest BCUT2D eigenvalue weighted by molar-refractivity contribution is 5.64. The van der Waals surface area contributed by atoms with Crippen LogP contribution < -0.4 is 0 Å². The molecule has 3 spiro atoms. The molecule has 0 bridgehead atoms. The first-order valence-corrected chi connectivity index (χ1v) is 17.9. The summed E-state index contributed by atoms with van der Waals surface area (Å²) >= 11 is 0. The van der Waals surface area contributed by atoms with Gasteiger partial charge in [0.15, 0.2) is 0 Å². The summed E-state index contributed by atoms with van der Waals surface area (Å²) in [6, 6.07) is 0. The molecule has 0 saturated heterocycles. The van der Waals surface area contributed by atoms with Crippen molar-refractivity contribution in [1.29, 1.82) is 0 Å². The average Bonchev–Trinajstić information content (AvgIpc) is 3.77. The zero-order valence-corrected chi connectivity index (χ0v) is 22.5. The van der Waals surface area contributed by atoms with Gasteiger partial charge in [-0.1, -0.05) is 77.0 Å². The number of hydrogen-bond donors (Lipinski definition) is 0. The Labute approximate surface area is 218 Å². The molecule has 0 aromatic carbocycles. The van der Waals surface area contributed by atoms with Crippen LogP contribution in [-0.2, 0) is 0 Å². The highest BCUT2D eigenvalue weighted by Gasteiger charge is 3.18. The van der Waals surface area contributed by atoms with Gasteiger partial charge in [0, 0.05) is 0 Å². The van der Waals surface area contributed by atoms with E-state index in [-0.39, 0.29) is 0 Å². The van der Waals surface area contributed by atoms with Gasteiger partial charge in [0.1, 0.15) is 0 Å². The lowest BCUT2D eigenvalue weighted by molar-refractivity contribution is -0.459. The summed E-state index contributed by atoms with van der Waals surface area (Å²) in [4.78, 5) is 0. The van der Waals surface area contributed by atoms with Gasteiger partial charge >= 0.3 is 0 Å². The molecule has 13 aliphatic carbocycles. The predicted octanol–water partition coefficient (Wildman–Crippen LogP) is 8.07. The normalized spacial score (nSPS) is 80.0. The first kappa shape index (κ1) is 19.1. The molecule has 192 valence electrons. The smallest absolute Gasteiger partial charge is 0.0125 e. The van der Waals surface area contributed by atoms with Gasteiger partial charge in [0.2, 0.25) is 0 Å². The van der Waals surface area contributed by atoms with E-state index in [0.717, 1.165) is 16.2 Å². The lowest BCUT2D eigenvalue weighted by Crippen LogP contribution is -2.89. The van der Waals surface area contributed by atoms with Crippen molar-refractivity contribution in [3.63, 3.8) is 0 Å². The van der Waals surface area contributed by atoms with Crippen molar-refractivity contribution in [2.45, 2.75) is 96.3 Å². The van der Waals surface area contributed by atoms with Crippen LogP contribution in [0.2, 0.25) is 0 Å². The van der Waals surface area contributed by atoms with Crippen LogP contribution >= 0.6 is 0 Å². The van der Waals surface area contributed by atoms with Crippen molar-refractivity contribution in [3.8, 4) is 0 Å². The van der Waals surface area contributed by atoms with Gasteiger partial charge in [0.05, 0.1) is 0 Å². The SMILES string of the molecule is C1CCCCCCCC23C(CCCCCC1)C2C1C2C4C(C5C4C4C5C5C4C46C7C8CC8C74C56)C2C13. The zero-order chi connectivity index (χ0) is 22.5. The minimum atomic E-state index is 0.933. The molecule has 0 aromatic rings. The lowest BCUT2D eigenvalue weighted by atomic mass is 9.12. The molecule has 0 heterocycles. The Morgan fingerprint density at radius 2 is 0.972 bits per heavy atom. The van der Waals surface area contributed by atoms with E-state index in [9.17, 15) is 0 Å². The van der Waals surface area contributed by atoms with Gasteiger partial charge < -0.3 is 0 Å². The van der Waals surface area contributed by atoms with E-state index >= 15 is 0 Å². The molecule has 0 aliphatic heterocycles. The Kier molecular flexibility index (Phi) is 2.84. The third kappa shape index (κ3) is 1.43. The van der Waals surface area contributed by atoms with Crippen LogP contribution in [0.1, 0.15) is 96.3 Å². The molecule has 13 saturated carbocycles. The molecule has 13 fully saturated rings. The van der Waals surface area contributed by atoms with Crippen LogP contribution in [0.5, 0.6) is 0 Å². The summed E-state index contributed by atoms with van der Waals surface area (Å²) in [6.45, 7) is 0. The first-order valence-electron chi connectivity index (χ1n) is 17.9. The summed E-state index contributed by atoms with van der Waals surface area (Å²) in [5, 5.41) is 0. The maximum atomic E-state index is 1.70. The maximum absolute atomic E-state index is 1.70. The molecule has 0 aromatic heterocycles. The Bertz CT molecular complexity index is 1120. The van der Waals surface area contributed by atoms with E-state index in [4.69, 9.17) is 0 Å². The second-order valence-electron chi connectivity index (χ2n) is 18.2. The van der Waals surface area contributed by atoms with Crippen molar-refractivity contribution in [2.24, 2.45) is 123 Å². The van der Waals surface area contributed by atoms with Gasteiger partial charge in [0.25, 0.3) is 0 Å². The van der Waals surface area contributed by atoms with E-state index in [2.05, 4.69) is 0 Å². The summed E-state index contributed by atoms with van der Waals surface area (Å²) in [6.07, 6.45) is 23.7. The summed E-state index contributed by atoms with van der Waals surface area (Å²) < 4.78 is 0. The molecule has 0 heteroatoms. The van der Waals surface area contributed by atoms with Crippen LogP contribution in [0.15, 0.2) is 0 Å². The largest absolute Gasteiger partial charge is 0.0533 e. The minimum absolute atomic E-state index is 0.933. The molecule has 21 atom stereocenters. The Hall–Kier alpha value is 0. The molecule has 36 heavy (non-hydrogen) atoms. The molecule has 0 N–H and O–H groups in total. The highest BCUT2D eigenvalue weighted by Crippen LogP contribution is 3.21. The number of rotatable bonds is 0. The maximum Gasteiger partial charge on any atom is -0.0125 e. The number of hydrogen-bond acceptors (Lipinski definition) is 0. The van der Waals surface area contributed by atoms with Gasteiger partial charge in [-0.15, -0.1) is 0 Å². The molecule has 13 aliphatic rings. The Morgan fingerprint density at radius 3 is 1.72 bits per heavy atom. The molecular formula is C36H48. The monoisotopic (exact) mass is 480 g/mol. The lowest BCUT2D eigenvalue weighted by Gasteiger charge is -2.92. The summed E-state index contributed by atoms with van der Waals surface area (Å²) in [5.74, 6) is 23.5. The van der Waals surface area contributed by atoms with Crippen LogP contribution in [0.4, 0.5) is 0 Å². The van der Waals surface area contributed by atoms with Crippen molar-refractivity contribution in [2.75, 3.05) is 0 Å². The Balaban J connectivity index is 0.747. The highest BCUT2D eigenvalue weighted by atomic mass is 15.2. The fraction of sp³-hybridized carbons (Fsp3) is 1.00. The van der Waals surface area contributed by atoms with Gasteiger partial charge in [-0.2, -0.15) is 0 Å². The molecule has 0 amide bonds. The summed E-state index contributed by atoms with van der Waals surface area (Å²) in [7, 11) is 0. The van der Waals surface area contributed by atoms with E-state index in [1.54, 1.807) is 64.2 Å². The van der Waals surface area contributed by atoms with Crippen LogP contribution in [0.25, 0.3) is 0 Å². The molecule has 13 rings (SSSR count). The van der Waals surface area contributed by atoms with E-state index in [1.165, 1.54) is 139 Å². The average molecular weight is 481 g/mol.